The highest BCUT2D eigenvalue weighted by Gasteiger charge is 2.24. The van der Waals surface area contributed by atoms with Crippen LogP contribution < -0.4 is 10.9 Å². The van der Waals surface area contributed by atoms with E-state index in [0.717, 1.165) is 13.1 Å². The maximum Gasteiger partial charge on any atom is 0.271 e. The van der Waals surface area contributed by atoms with E-state index in [4.69, 9.17) is 0 Å². The summed E-state index contributed by atoms with van der Waals surface area (Å²) in [5.74, 6) is -0.277. The first kappa shape index (κ1) is 15.4. The second kappa shape index (κ2) is 7.19. The lowest BCUT2D eigenvalue weighted by Crippen LogP contribution is -2.37. The number of carbonyl (C=O) groups is 1. The van der Waals surface area contributed by atoms with Crippen LogP contribution in [-0.2, 0) is 0 Å². The Kier molecular flexibility index (Phi) is 4.83. The molecule has 0 spiro atoms. The number of aromatic nitrogens is 2. The molecule has 0 radical (unpaired) electrons. The van der Waals surface area contributed by atoms with Gasteiger partial charge in [-0.15, -0.1) is 0 Å². The minimum atomic E-state index is -0.319. The van der Waals surface area contributed by atoms with Crippen molar-refractivity contribution >= 4 is 5.91 Å². The number of nitrogens with zero attached hydrogens (tertiary/aromatic N) is 2. The van der Waals surface area contributed by atoms with Crippen LogP contribution in [0.2, 0.25) is 0 Å². The zero-order valence-electron chi connectivity index (χ0n) is 12.9. The van der Waals surface area contributed by atoms with E-state index in [1.807, 2.05) is 18.2 Å². The second-order valence-electron chi connectivity index (χ2n) is 5.69. The summed E-state index contributed by atoms with van der Waals surface area (Å²) in [4.78, 5) is 25.6. The van der Waals surface area contributed by atoms with E-state index in [0.29, 0.717) is 6.54 Å². The predicted molar refractivity (Wildman–Crippen MR) is 87.2 cm³/mol. The van der Waals surface area contributed by atoms with Crippen LogP contribution in [0.4, 0.5) is 0 Å². The molecule has 1 atom stereocenters. The number of rotatable bonds is 5. The van der Waals surface area contributed by atoms with E-state index in [1.54, 1.807) is 0 Å². The van der Waals surface area contributed by atoms with E-state index in [2.05, 4.69) is 32.5 Å². The molecule has 6 nitrogen and oxygen atoms in total. The average Bonchev–Trinajstić information content (AvgIpc) is 3.11. The topological polar surface area (TPSA) is 78.1 Å². The minimum absolute atomic E-state index is 0.158. The standard InChI is InChI=1S/C17H20N4O2/c22-16-9-8-14(19-20-16)17(23)18-12-15(21-10-4-5-11-21)13-6-2-1-3-7-13/h1-3,6-9,15H,4-5,10-12H2,(H,18,23)(H,20,22)/t15-/m0/s1. The van der Waals surface area contributed by atoms with Crippen molar-refractivity contribution in [2.75, 3.05) is 19.6 Å². The Balaban J connectivity index is 1.70. The highest BCUT2D eigenvalue weighted by molar-refractivity contribution is 5.91. The molecule has 1 saturated heterocycles. The van der Waals surface area contributed by atoms with Gasteiger partial charge in [0, 0.05) is 12.6 Å². The number of amides is 1. The van der Waals surface area contributed by atoms with Gasteiger partial charge in [-0.3, -0.25) is 14.5 Å². The zero-order valence-corrected chi connectivity index (χ0v) is 12.9. The number of H-pyrrole nitrogens is 1. The highest BCUT2D eigenvalue weighted by atomic mass is 16.2. The molecule has 6 heteroatoms. The lowest BCUT2D eigenvalue weighted by atomic mass is 10.1. The molecule has 3 rings (SSSR count). The Labute approximate surface area is 134 Å². The van der Waals surface area contributed by atoms with Crippen LogP contribution in [0.25, 0.3) is 0 Å². The Morgan fingerprint density at radius 1 is 1.17 bits per heavy atom. The van der Waals surface area contributed by atoms with Crippen molar-refractivity contribution in [3.05, 3.63) is 64.1 Å². The number of aromatic amines is 1. The summed E-state index contributed by atoms with van der Waals surface area (Å²) < 4.78 is 0. The largest absolute Gasteiger partial charge is 0.349 e. The summed E-state index contributed by atoms with van der Waals surface area (Å²) in [5.41, 5.74) is 1.10. The van der Waals surface area contributed by atoms with Gasteiger partial charge in [0.2, 0.25) is 0 Å². The van der Waals surface area contributed by atoms with Crippen molar-refractivity contribution in [2.45, 2.75) is 18.9 Å². The smallest absolute Gasteiger partial charge is 0.271 e. The summed E-state index contributed by atoms with van der Waals surface area (Å²) in [6, 6.07) is 13.1. The van der Waals surface area contributed by atoms with E-state index < -0.39 is 0 Å². The predicted octanol–water partition coefficient (Wildman–Crippen LogP) is 1.34. The molecule has 1 aromatic heterocycles. The van der Waals surface area contributed by atoms with Crippen LogP contribution in [-0.4, -0.2) is 40.6 Å². The van der Waals surface area contributed by atoms with Crippen LogP contribution >= 0.6 is 0 Å². The molecule has 2 N–H and O–H groups in total. The second-order valence-corrected chi connectivity index (χ2v) is 5.69. The summed E-state index contributed by atoms with van der Waals surface area (Å²) in [6.07, 6.45) is 2.39. The molecule has 0 aliphatic carbocycles. The number of hydrogen-bond donors (Lipinski definition) is 2. The molecule has 120 valence electrons. The number of nitrogens with one attached hydrogen (secondary N) is 2. The first-order valence-corrected chi connectivity index (χ1v) is 7.87. The molecule has 2 aromatic rings. The minimum Gasteiger partial charge on any atom is -0.349 e. The Morgan fingerprint density at radius 2 is 1.91 bits per heavy atom. The van der Waals surface area contributed by atoms with Gasteiger partial charge in [-0.05, 0) is 37.6 Å². The van der Waals surface area contributed by atoms with Crippen LogP contribution in [0.3, 0.4) is 0 Å². The number of carbonyl (C=O) groups excluding carboxylic acids is 1. The first-order valence-electron chi connectivity index (χ1n) is 7.87. The van der Waals surface area contributed by atoms with E-state index in [9.17, 15) is 9.59 Å². The Morgan fingerprint density at radius 3 is 2.57 bits per heavy atom. The molecule has 0 bridgehead atoms. The average molecular weight is 312 g/mol. The van der Waals surface area contributed by atoms with Gasteiger partial charge in [-0.1, -0.05) is 30.3 Å². The van der Waals surface area contributed by atoms with Crippen LogP contribution in [0.5, 0.6) is 0 Å². The fourth-order valence-electron chi connectivity index (χ4n) is 2.94. The third-order valence-electron chi connectivity index (χ3n) is 4.13. The molecule has 1 aromatic carbocycles. The van der Waals surface area contributed by atoms with Crippen molar-refractivity contribution in [2.24, 2.45) is 0 Å². The summed E-state index contributed by atoms with van der Waals surface area (Å²) in [7, 11) is 0. The van der Waals surface area contributed by atoms with E-state index in [1.165, 1.54) is 30.5 Å². The fraction of sp³-hybridized carbons (Fsp3) is 0.353. The molecular weight excluding hydrogens is 292 g/mol. The summed E-state index contributed by atoms with van der Waals surface area (Å²) >= 11 is 0. The molecule has 1 aliphatic rings. The lowest BCUT2D eigenvalue weighted by Gasteiger charge is -2.28. The summed E-state index contributed by atoms with van der Waals surface area (Å²) in [5, 5.41) is 8.97. The van der Waals surface area contributed by atoms with Crippen molar-refractivity contribution in [3.8, 4) is 0 Å². The van der Waals surface area contributed by atoms with Gasteiger partial charge < -0.3 is 5.32 Å². The molecule has 1 aliphatic heterocycles. The van der Waals surface area contributed by atoms with Crippen LogP contribution in [0, 0.1) is 0 Å². The quantitative estimate of drug-likeness (QED) is 0.873. The molecule has 2 heterocycles. The van der Waals surface area contributed by atoms with Gasteiger partial charge in [-0.25, -0.2) is 5.10 Å². The first-order chi connectivity index (χ1) is 11.2. The molecule has 1 fully saturated rings. The number of likely N-dealkylation sites (tertiary alicyclic amines) is 1. The van der Waals surface area contributed by atoms with Crippen molar-refractivity contribution in [1.82, 2.24) is 20.4 Å². The lowest BCUT2D eigenvalue weighted by molar-refractivity contribution is 0.0932. The fourth-order valence-corrected chi connectivity index (χ4v) is 2.94. The van der Waals surface area contributed by atoms with Gasteiger partial charge in [0.05, 0.1) is 6.04 Å². The Hall–Kier alpha value is -2.47. The van der Waals surface area contributed by atoms with E-state index in [-0.39, 0.29) is 23.2 Å². The highest BCUT2D eigenvalue weighted by Crippen LogP contribution is 2.24. The molecule has 1 amide bonds. The monoisotopic (exact) mass is 312 g/mol. The third-order valence-corrected chi connectivity index (χ3v) is 4.13. The third kappa shape index (κ3) is 3.84. The molecule has 23 heavy (non-hydrogen) atoms. The van der Waals surface area contributed by atoms with Gasteiger partial charge >= 0.3 is 0 Å². The van der Waals surface area contributed by atoms with Gasteiger partial charge in [0.25, 0.3) is 11.5 Å². The van der Waals surface area contributed by atoms with Gasteiger partial charge in [-0.2, -0.15) is 5.10 Å². The molecular formula is C17H20N4O2. The van der Waals surface area contributed by atoms with Crippen LogP contribution in [0.15, 0.2) is 47.3 Å². The van der Waals surface area contributed by atoms with Gasteiger partial charge in [0.1, 0.15) is 5.69 Å². The van der Waals surface area contributed by atoms with Crippen molar-refractivity contribution in [1.29, 1.82) is 0 Å². The van der Waals surface area contributed by atoms with Crippen molar-refractivity contribution in [3.63, 3.8) is 0 Å². The SMILES string of the molecule is O=C(NC[C@@H](c1ccccc1)N1CCCC1)c1ccc(=O)[nH]n1. The van der Waals surface area contributed by atoms with Crippen LogP contribution in [0.1, 0.15) is 34.9 Å². The zero-order chi connectivity index (χ0) is 16.1. The Bertz CT molecular complexity index is 688. The maximum atomic E-state index is 12.2. The number of benzene rings is 1. The molecule has 0 saturated carbocycles. The van der Waals surface area contributed by atoms with E-state index >= 15 is 0 Å². The summed E-state index contributed by atoms with van der Waals surface area (Å²) in [6.45, 7) is 2.61. The molecule has 0 unspecified atom stereocenters. The van der Waals surface area contributed by atoms with Gasteiger partial charge in [0.15, 0.2) is 0 Å². The maximum absolute atomic E-state index is 12.2. The normalized spacial score (nSPS) is 16.2. The van der Waals surface area contributed by atoms with Crippen molar-refractivity contribution < 1.29 is 4.79 Å². The number of hydrogen-bond acceptors (Lipinski definition) is 4.